The van der Waals surface area contributed by atoms with Crippen LogP contribution >= 0.6 is 0 Å². The van der Waals surface area contributed by atoms with Crippen LogP contribution in [0.25, 0.3) is 0 Å². The largest absolute Gasteiger partial charge is 0.492 e. The highest BCUT2D eigenvalue weighted by Crippen LogP contribution is 2.28. The number of urea groups is 1. The Balaban J connectivity index is 2.07. The van der Waals surface area contributed by atoms with Crippen molar-refractivity contribution < 1.29 is 22.7 Å². The molecule has 0 unspecified atom stereocenters. The maximum absolute atomic E-state index is 12.6. The lowest BCUT2D eigenvalue weighted by Crippen LogP contribution is -2.57. The molecule has 9 heteroatoms. The number of rotatable bonds is 8. The second kappa shape index (κ2) is 9.38. The molecule has 0 aliphatic carbocycles. The van der Waals surface area contributed by atoms with Gasteiger partial charge in [-0.05, 0) is 38.3 Å². The Bertz CT molecular complexity index is 730. The maximum atomic E-state index is 12.6. The molecule has 8 nitrogen and oxygen atoms in total. The molecule has 27 heavy (non-hydrogen) atoms. The molecular weight excluding hydrogens is 370 g/mol. The van der Waals surface area contributed by atoms with Gasteiger partial charge >= 0.3 is 6.03 Å². The van der Waals surface area contributed by atoms with Gasteiger partial charge in [-0.15, -0.1) is 0 Å². The van der Waals surface area contributed by atoms with Gasteiger partial charge in [-0.3, -0.25) is 0 Å². The van der Waals surface area contributed by atoms with Crippen LogP contribution < -0.4 is 15.4 Å². The van der Waals surface area contributed by atoms with Crippen molar-refractivity contribution in [1.82, 2.24) is 9.62 Å². The average molecular weight is 400 g/mol. The topological polar surface area (TPSA) is 97.0 Å². The van der Waals surface area contributed by atoms with Crippen molar-refractivity contribution in [3.8, 4) is 5.75 Å². The molecule has 1 aliphatic rings. The van der Waals surface area contributed by atoms with Gasteiger partial charge in [-0.2, -0.15) is 0 Å². The van der Waals surface area contributed by atoms with Gasteiger partial charge in [0, 0.05) is 32.3 Å². The third-order valence-corrected chi connectivity index (χ3v) is 6.05. The van der Waals surface area contributed by atoms with Crippen LogP contribution in [-0.4, -0.2) is 64.0 Å². The molecule has 2 rings (SSSR count). The van der Waals surface area contributed by atoms with Crippen LogP contribution in [0.5, 0.6) is 5.75 Å². The summed E-state index contributed by atoms with van der Waals surface area (Å²) >= 11 is 0. The zero-order valence-corrected chi connectivity index (χ0v) is 17.0. The SMILES string of the molecule is CCOc1ccccc1NC(=O)NC1(CCOC)CCN(S(C)(=O)=O)CC1. The van der Waals surface area contributed by atoms with Gasteiger partial charge in [0.2, 0.25) is 10.0 Å². The lowest BCUT2D eigenvalue weighted by Gasteiger charge is -2.41. The number of methoxy groups -OCH3 is 1. The number of amides is 2. The predicted molar refractivity (Wildman–Crippen MR) is 105 cm³/mol. The second-order valence-electron chi connectivity index (χ2n) is 6.69. The maximum Gasteiger partial charge on any atom is 0.319 e. The van der Waals surface area contributed by atoms with Gasteiger partial charge in [-0.25, -0.2) is 17.5 Å². The zero-order valence-electron chi connectivity index (χ0n) is 16.2. The fourth-order valence-electron chi connectivity index (χ4n) is 3.23. The van der Waals surface area contributed by atoms with E-state index in [1.54, 1.807) is 19.2 Å². The quantitative estimate of drug-likeness (QED) is 0.697. The third-order valence-electron chi connectivity index (χ3n) is 4.75. The number of ether oxygens (including phenoxy) is 2. The van der Waals surface area contributed by atoms with Crippen LogP contribution in [0.2, 0.25) is 0 Å². The van der Waals surface area contributed by atoms with Gasteiger partial charge in [0.15, 0.2) is 0 Å². The smallest absolute Gasteiger partial charge is 0.319 e. The van der Waals surface area contributed by atoms with Gasteiger partial charge in [0.25, 0.3) is 0 Å². The number of para-hydroxylation sites is 2. The standard InChI is InChI=1S/C18H29N3O5S/c1-4-26-16-8-6-5-7-15(16)19-17(22)20-18(11-14-25-2)9-12-21(13-10-18)27(3,23)24/h5-8H,4,9-14H2,1-3H3,(H2,19,20,22). The first-order valence-corrected chi connectivity index (χ1v) is 10.9. The molecule has 1 heterocycles. The van der Waals surface area contributed by atoms with Gasteiger partial charge < -0.3 is 20.1 Å². The number of benzene rings is 1. The van der Waals surface area contributed by atoms with E-state index in [0.29, 0.717) is 57.0 Å². The Morgan fingerprint density at radius 1 is 1.26 bits per heavy atom. The number of anilines is 1. The van der Waals surface area contributed by atoms with E-state index in [9.17, 15) is 13.2 Å². The van der Waals surface area contributed by atoms with E-state index in [2.05, 4.69) is 10.6 Å². The first-order valence-electron chi connectivity index (χ1n) is 9.05. The number of hydrogen-bond acceptors (Lipinski definition) is 5. The van der Waals surface area contributed by atoms with Gasteiger partial charge in [-0.1, -0.05) is 12.1 Å². The van der Waals surface area contributed by atoms with E-state index in [4.69, 9.17) is 9.47 Å². The molecule has 1 aliphatic heterocycles. The molecule has 0 saturated carbocycles. The molecule has 1 aromatic rings. The molecule has 0 atom stereocenters. The molecule has 0 bridgehead atoms. The molecule has 1 saturated heterocycles. The second-order valence-corrected chi connectivity index (χ2v) is 8.68. The molecule has 0 radical (unpaired) electrons. The Morgan fingerprint density at radius 2 is 1.93 bits per heavy atom. The molecule has 2 amide bonds. The fraction of sp³-hybridized carbons (Fsp3) is 0.611. The number of nitrogens with one attached hydrogen (secondary N) is 2. The number of piperidine rings is 1. The van der Waals surface area contributed by atoms with Crippen molar-refractivity contribution >= 4 is 21.7 Å². The minimum Gasteiger partial charge on any atom is -0.492 e. The summed E-state index contributed by atoms with van der Waals surface area (Å²) in [6.07, 6.45) is 2.88. The normalized spacial score (nSPS) is 17.3. The van der Waals surface area contributed by atoms with Crippen LogP contribution in [-0.2, 0) is 14.8 Å². The summed E-state index contributed by atoms with van der Waals surface area (Å²) in [6, 6.07) is 6.90. The summed E-state index contributed by atoms with van der Waals surface area (Å²) in [5, 5.41) is 5.89. The average Bonchev–Trinajstić information content (AvgIpc) is 2.61. The van der Waals surface area contributed by atoms with E-state index < -0.39 is 15.6 Å². The fourth-order valence-corrected chi connectivity index (χ4v) is 4.07. The van der Waals surface area contributed by atoms with Crippen molar-refractivity contribution in [2.75, 3.05) is 45.0 Å². The van der Waals surface area contributed by atoms with E-state index in [-0.39, 0.29) is 6.03 Å². The molecule has 2 N–H and O–H groups in total. The molecular formula is C18H29N3O5S. The monoisotopic (exact) mass is 399 g/mol. The van der Waals surface area contributed by atoms with E-state index in [0.717, 1.165) is 0 Å². The Kier molecular flexibility index (Phi) is 7.46. The summed E-state index contributed by atoms with van der Waals surface area (Å²) < 4.78 is 35.7. The minimum absolute atomic E-state index is 0.342. The van der Waals surface area contributed by atoms with E-state index in [1.807, 2.05) is 19.1 Å². The summed E-state index contributed by atoms with van der Waals surface area (Å²) in [4.78, 5) is 12.6. The molecule has 0 spiro atoms. The van der Waals surface area contributed by atoms with Crippen molar-refractivity contribution in [2.45, 2.75) is 31.7 Å². The Labute approximate surface area is 161 Å². The van der Waals surface area contributed by atoms with Gasteiger partial charge in [0.1, 0.15) is 5.75 Å². The first-order chi connectivity index (χ1) is 12.8. The zero-order chi connectivity index (χ0) is 19.9. The third kappa shape index (κ3) is 6.08. The Hall–Kier alpha value is -1.84. The van der Waals surface area contributed by atoms with Crippen molar-refractivity contribution in [2.24, 2.45) is 0 Å². The van der Waals surface area contributed by atoms with Crippen LogP contribution in [0.3, 0.4) is 0 Å². The van der Waals surface area contributed by atoms with Crippen molar-refractivity contribution in [3.63, 3.8) is 0 Å². The molecule has 1 aromatic carbocycles. The first kappa shape index (κ1) is 21.5. The summed E-state index contributed by atoms with van der Waals surface area (Å²) in [6.45, 7) is 3.61. The van der Waals surface area contributed by atoms with Gasteiger partial charge in [0.05, 0.1) is 18.6 Å². The number of carbonyl (C=O) groups is 1. The lowest BCUT2D eigenvalue weighted by atomic mass is 9.85. The number of nitrogens with zero attached hydrogens (tertiary/aromatic N) is 1. The predicted octanol–water partition coefficient (Wildman–Crippen LogP) is 2.04. The number of sulfonamides is 1. The minimum atomic E-state index is -3.23. The number of carbonyl (C=O) groups excluding carboxylic acids is 1. The highest BCUT2D eigenvalue weighted by atomic mass is 32.2. The van der Waals surface area contributed by atoms with Crippen LogP contribution in [0.1, 0.15) is 26.2 Å². The van der Waals surface area contributed by atoms with E-state index in [1.165, 1.54) is 10.6 Å². The van der Waals surface area contributed by atoms with Crippen molar-refractivity contribution in [1.29, 1.82) is 0 Å². The molecule has 1 fully saturated rings. The van der Waals surface area contributed by atoms with Crippen molar-refractivity contribution in [3.05, 3.63) is 24.3 Å². The number of hydrogen-bond donors (Lipinski definition) is 2. The van der Waals surface area contributed by atoms with Crippen LogP contribution in [0.4, 0.5) is 10.5 Å². The molecule has 152 valence electrons. The van der Waals surface area contributed by atoms with Crippen LogP contribution in [0.15, 0.2) is 24.3 Å². The molecule has 0 aromatic heterocycles. The Morgan fingerprint density at radius 3 is 2.52 bits per heavy atom. The summed E-state index contributed by atoms with van der Waals surface area (Å²) in [5.74, 6) is 0.605. The summed E-state index contributed by atoms with van der Waals surface area (Å²) in [7, 11) is -1.62. The summed E-state index contributed by atoms with van der Waals surface area (Å²) in [5.41, 5.74) is 0.0780. The highest BCUT2D eigenvalue weighted by molar-refractivity contribution is 7.88. The van der Waals surface area contributed by atoms with Crippen LogP contribution in [0, 0.1) is 0 Å². The van der Waals surface area contributed by atoms with E-state index >= 15 is 0 Å². The highest BCUT2D eigenvalue weighted by Gasteiger charge is 2.38. The lowest BCUT2D eigenvalue weighted by molar-refractivity contribution is 0.124.